The van der Waals surface area contributed by atoms with E-state index >= 15 is 0 Å². The molecule has 0 bridgehead atoms. The van der Waals surface area contributed by atoms with E-state index in [-0.39, 0.29) is 36.4 Å². The normalized spacial score (nSPS) is 19.0. The summed E-state index contributed by atoms with van der Waals surface area (Å²) in [6.45, 7) is 1.27. The Kier molecular flexibility index (Phi) is 6.07. The number of amides is 4. The lowest BCUT2D eigenvalue weighted by Crippen LogP contribution is -2.56. The Hall–Kier alpha value is -3.11. The van der Waals surface area contributed by atoms with Crippen molar-refractivity contribution in [1.82, 2.24) is 25.4 Å². The van der Waals surface area contributed by atoms with Gasteiger partial charge >= 0.3 is 18.4 Å². The Morgan fingerprint density at radius 2 is 2.03 bits per heavy atom. The van der Waals surface area contributed by atoms with Crippen LogP contribution >= 0.6 is 0 Å². The number of rotatable bonds is 5. The number of likely N-dealkylation sites (tertiary alicyclic amines) is 1. The molecule has 4 amide bonds. The molecule has 1 aliphatic carbocycles. The summed E-state index contributed by atoms with van der Waals surface area (Å²) in [7, 11) is 1.59. The van der Waals surface area contributed by atoms with Crippen LogP contribution in [0.5, 0.6) is 5.75 Å². The average molecular weight is 453 g/mol. The largest absolute Gasteiger partial charge is 0.573 e. The van der Waals surface area contributed by atoms with Crippen LogP contribution in [0.1, 0.15) is 31.4 Å². The van der Waals surface area contributed by atoms with Gasteiger partial charge in [-0.15, -0.1) is 13.2 Å². The molecule has 0 spiro atoms. The molecule has 0 radical (unpaired) electrons. The number of hydrogen-bond donors (Lipinski definition) is 3. The van der Waals surface area contributed by atoms with Gasteiger partial charge in [-0.1, -0.05) is 6.07 Å². The smallest absolute Gasteiger partial charge is 0.405 e. The minimum atomic E-state index is -4.78. The summed E-state index contributed by atoms with van der Waals surface area (Å²) in [5.74, 6) is -0.292. The van der Waals surface area contributed by atoms with E-state index in [4.69, 9.17) is 0 Å². The van der Waals surface area contributed by atoms with Crippen molar-refractivity contribution < 1.29 is 27.5 Å². The third-order valence-electron chi connectivity index (χ3n) is 5.80. The van der Waals surface area contributed by atoms with Crippen molar-refractivity contribution in [3.63, 3.8) is 0 Å². The quantitative estimate of drug-likeness (QED) is 0.647. The number of H-pyrrole nitrogens is 1. The number of fused-ring (bicyclic) bond motifs is 1. The maximum Gasteiger partial charge on any atom is 0.573 e. The number of hydrogen-bond acceptors (Lipinski definition) is 3. The molecule has 174 valence electrons. The van der Waals surface area contributed by atoms with E-state index in [1.54, 1.807) is 24.1 Å². The number of carbonyl (C=O) groups excluding carboxylic acids is 2. The summed E-state index contributed by atoms with van der Waals surface area (Å²) in [6.07, 6.45) is -1.30. The molecule has 11 heteroatoms. The number of aromatic amines is 1. The topological polar surface area (TPSA) is 89.7 Å². The molecule has 2 aliphatic rings. The zero-order valence-electron chi connectivity index (χ0n) is 17.7. The van der Waals surface area contributed by atoms with Crippen LogP contribution in [0.2, 0.25) is 0 Å². The fourth-order valence-electron chi connectivity index (χ4n) is 4.26. The second-order valence-corrected chi connectivity index (χ2v) is 8.15. The zero-order chi connectivity index (χ0) is 22.9. The van der Waals surface area contributed by atoms with Gasteiger partial charge in [-0.3, -0.25) is 0 Å². The molecule has 4 rings (SSSR count). The molecular weight excluding hydrogens is 427 g/mol. The van der Waals surface area contributed by atoms with Crippen molar-refractivity contribution in [2.24, 2.45) is 0 Å². The first-order valence-electron chi connectivity index (χ1n) is 10.6. The van der Waals surface area contributed by atoms with Gasteiger partial charge in [0.05, 0.1) is 12.6 Å². The molecule has 1 atom stereocenters. The molecule has 1 saturated heterocycles. The number of urea groups is 2. The number of nitrogens with zero attached hydrogens (tertiary/aromatic N) is 2. The minimum absolute atomic E-state index is 0.0666. The Morgan fingerprint density at radius 1 is 1.25 bits per heavy atom. The highest BCUT2D eigenvalue weighted by molar-refractivity contribution is 5.87. The molecule has 1 aliphatic heterocycles. The predicted octanol–water partition coefficient (Wildman–Crippen LogP) is 3.54. The predicted molar refractivity (Wildman–Crippen MR) is 111 cm³/mol. The summed E-state index contributed by atoms with van der Waals surface area (Å²) < 4.78 is 42.1. The first-order valence-corrected chi connectivity index (χ1v) is 10.6. The first-order chi connectivity index (χ1) is 15.2. The van der Waals surface area contributed by atoms with Crippen molar-refractivity contribution in [3.8, 4) is 5.75 Å². The van der Waals surface area contributed by atoms with Crippen molar-refractivity contribution in [3.05, 3.63) is 30.0 Å². The standard InChI is InChI=1S/C21H26F3N5O3/c1-25-19(30)28-9-3-4-15(12-28)29(14-7-8-14)20(31)26-11-13-10-16-17(27-13)5-2-6-18(16)32-21(22,23)24/h2,5-6,10,14-15,27H,3-4,7-9,11-12H2,1H3,(H,25,30)(H,26,31). The Bertz CT molecular complexity index is 989. The first kappa shape index (κ1) is 22.1. The third-order valence-corrected chi connectivity index (χ3v) is 5.80. The van der Waals surface area contributed by atoms with Gasteiger partial charge in [-0.05, 0) is 43.9 Å². The highest BCUT2D eigenvalue weighted by Gasteiger charge is 2.39. The molecule has 1 saturated carbocycles. The number of carbonyl (C=O) groups is 2. The average Bonchev–Trinajstić information content (AvgIpc) is 3.48. The van der Waals surface area contributed by atoms with Gasteiger partial charge in [0.25, 0.3) is 0 Å². The van der Waals surface area contributed by atoms with Crippen LogP contribution in [0, 0.1) is 0 Å². The van der Waals surface area contributed by atoms with E-state index in [2.05, 4.69) is 20.4 Å². The zero-order valence-corrected chi connectivity index (χ0v) is 17.7. The number of aromatic nitrogens is 1. The maximum atomic E-state index is 13.0. The monoisotopic (exact) mass is 453 g/mol. The summed E-state index contributed by atoms with van der Waals surface area (Å²) >= 11 is 0. The van der Waals surface area contributed by atoms with Gasteiger partial charge in [-0.25, -0.2) is 9.59 Å². The fourth-order valence-corrected chi connectivity index (χ4v) is 4.26. The van der Waals surface area contributed by atoms with E-state index in [9.17, 15) is 22.8 Å². The van der Waals surface area contributed by atoms with E-state index in [0.29, 0.717) is 29.7 Å². The molecule has 8 nitrogen and oxygen atoms in total. The maximum absolute atomic E-state index is 13.0. The van der Waals surface area contributed by atoms with Crippen molar-refractivity contribution >= 4 is 23.0 Å². The van der Waals surface area contributed by atoms with Crippen molar-refractivity contribution in [2.45, 2.75) is 50.7 Å². The molecule has 2 fully saturated rings. The van der Waals surface area contributed by atoms with E-state index in [1.165, 1.54) is 12.1 Å². The molecule has 3 N–H and O–H groups in total. The highest BCUT2D eigenvalue weighted by atomic mass is 19.4. The minimum Gasteiger partial charge on any atom is -0.405 e. The van der Waals surface area contributed by atoms with Crippen LogP contribution in [-0.2, 0) is 6.54 Å². The lowest BCUT2D eigenvalue weighted by molar-refractivity contribution is -0.274. The molecule has 32 heavy (non-hydrogen) atoms. The Balaban J connectivity index is 1.43. The summed E-state index contributed by atoms with van der Waals surface area (Å²) in [4.78, 5) is 31.6. The van der Waals surface area contributed by atoms with E-state index < -0.39 is 6.36 Å². The Labute approximate surface area is 183 Å². The van der Waals surface area contributed by atoms with Crippen LogP contribution in [-0.4, -0.2) is 65.4 Å². The number of benzene rings is 1. The molecule has 2 aromatic rings. The van der Waals surface area contributed by atoms with Crippen LogP contribution in [0.4, 0.5) is 22.8 Å². The van der Waals surface area contributed by atoms with Gasteiger partial charge in [0.2, 0.25) is 0 Å². The number of alkyl halides is 3. The lowest BCUT2D eigenvalue weighted by Gasteiger charge is -2.39. The van der Waals surface area contributed by atoms with Crippen molar-refractivity contribution in [2.75, 3.05) is 20.1 Å². The van der Waals surface area contributed by atoms with Crippen LogP contribution in [0.15, 0.2) is 24.3 Å². The molecule has 1 unspecified atom stereocenters. The van der Waals surface area contributed by atoms with Crippen LogP contribution in [0.25, 0.3) is 10.9 Å². The molecule has 2 heterocycles. The van der Waals surface area contributed by atoms with Gasteiger partial charge in [0.1, 0.15) is 5.75 Å². The number of nitrogens with one attached hydrogen (secondary N) is 3. The lowest BCUT2D eigenvalue weighted by atomic mass is 10.0. The fraction of sp³-hybridized carbons (Fsp3) is 0.524. The Morgan fingerprint density at radius 3 is 2.72 bits per heavy atom. The van der Waals surface area contributed by atoms with Gasteiger partial charge in [-0.2, -0.15) is 0 Å². The second-order valence-electron chi connectivity index (χ2n) is 8.15. The van der Waals surface area contributed by atoms with Crippen LogP contribution < -0.4 is 15.4 Å². The number of piperidine rings is 1. The SMILES string of the molecule is CNC(=O)N1CCCC(N(C(=O)NCc2cc3c(OC(F)(F)F)cccc3[nH]2)C2CC2)C1. The summed E-state index contributed by atoms with van der Waals surface area (Å²) in [5, 5.41) is 5.80. The molecule has 1 aromatic carbocycles. The van der Waals surface area contributed by atoms with E-state index in [1.807, 2.05) is 4.90 Å². The number of halogens is 3. The molecule has 1 aromatic heterocycles. The molecular formula is C21H26F3N5O3. The number of ether oxygens (including phenoxy) is 1. The van der Waals surface area contributed by atoms with E-state index in [0.717, 1.165) is 25.7 Å². The third kappa shape index (κ3) is 5.03. The summed E-state index contributed by atoms with van der Waals surface area (Å²) in [5.41, 5.74) is 1.06. The highest BCUT2D eigenvalue weighted by Crippen LogP contribution is 2.33. The van der Waals surface area contributed by atoms with Crippen LogP contribution in [0.3, 0.4) is 0 Å². The van der Waals surface area contributed by atoms with Gasteiger partial charge < -0.3 is 30.2 Å². The second kappa shape index (κ2) is 8.79. The van der Waals surface area contributed by atoms with Gasteiger partial charge in [0.15, 0.2) is 0 Å². The van der Waals surface area contributed by atoms with Crippen molar-refractivity contribution in [1.29, 1.82) is 0 Å². The van der Waals surface area contributed by atoms with Gasteiger partial charge in [0, 0.05) is 42.8 Å². The summed E-state index contributed by atoms with van der Waals surface area (Å²) in [6, 6.07) is 5.62.